The third kappa shape index (κ3) is 13.9. The lowest BCUT2D eigenvalue weighted by molar-refractivity contribution is -0.156. The van der Waals surface area contributed by atoms with Crippen LogP contribution in [0.1, 0.15) is 65.5 Å². The van der Waals surface area contributed by atoms with E-state index in [1.54, 1.807) is 32.0 Å². The minimum absolute atomic E-state index is 0.0318. The van der Waals surface area contributed by atoms with Gasteiger partial charge < -0.3 is 30.9 Å². The number of halogens is 1. The summed E-state index contributed by atoms with van der Waals surface area (Å²) in [5, 5.41) is 15.1. The van der Waals surface area contributed by atoms with Crippen LogP contribution >= 0.6 is 11.6 Å². The maximum atomic E-state index is 13.7. The Morgan fingerprint density at radius 3 is 2.29 bits per heavy atom. The van der Waals surface area contributed by atoms with Gasteiger partial charge in [0, 0.05) is 25.0 Å². The molecule has 0 aliphatic heterocycles. The monoisotopic (exact) mass is 683 g/mol. The fourth-order valence-corrected chi connectivity index (χ4v) is 5.00. The number of nitrogens with one attached hydrogen (secondary N) is 2. The zero-order chi connectivity index (χ0) is 36.1. The molecule has 48 heavy (non-hydrogen) atoms. The zero-order valence-electron chi connectivity index (χ0n) is 28.9. The van der Waals surface area contributed by atoms with Crippen LogP contribution in [0.2, 0.25) is 5.02 Å². The van der Waals surface area contributed by atoms with Gasteiger partial charge in [0.05, 0.1) is 23.6 Å². The van der Waals surface area contributed by atoms with E-state index in [9.17, 15) is 19.2 Å². The fraction of sp³-hybridized carbons (Fsp3) is 0.459. The van der Waals surface area contributed by atoms with Gasteiger partial charge in [-0.15, -0.1) is 0 Å². The second-order valence-corrected chi connectivity index (χ2v) is 14.2. The number of hydrogen-bond acceptors (Lipinski definition) is 7. The maximum Gasteiger partial charge on any atom is 0.328 e. The Kier molecular flexibility index (Phi) is 15.4. The molecule has 11 heteroatoms. The SMILES string of the molecule is COc1ccc(CC(N)C(=O)NCC(C)(C)C(=O)NC(CC(C)(C)C)C(=O)O[C@@H](CC=CC(=O)O)[C@H](C)C=Cc2ccccc2)cc1Cl. The quantitative estimate of drug-likeness (QED) is 0.124. The summed E-state index contributed by atoms with van der Waals surface area (Å²) in [6.07, 6.45) is 6.25. The van der Waals surface area contributed by atoms with Crippen LogP contribution in [0.3, 0.4) is 0 Å². The van der Waals surface area contributed by atoms with E-state index in [-0.39, 0.29) is 37.1 Å². The normalized spacial score (nSPS) is 14.6. The minimum atomic E-state index is -1.11. The Balaban J connectivity index is 2.13. The predicted molar refractivity (Wildman–Crippen MR) is 188 cm³/mol. The Labute approximate surface area is 289 Å². The van der Waals surface area contributed by atoms with Gasteiger partial charge in [-0.05, 0) is 55.4 Å². The first kappa shape index (κ1) is 40.0. The number of ether oxygens (including phenoxy) is 2. The van der Waals surface area contributed by atoms with Gasteiger partial charge in [-0.3, -0.25) is 9.59 Å². The number of benzene rings is 2. The molecule has 2 rings (SSSR count). The number of nitrogens with two attached hydrogens (primary N) is 1. The number of carbonyl (C=O) groups is 4. The zero-order valence-corrected chi connectivity index (χ0v) is 29.7. The molecule has 4 atom stereocenters. The lowest BCUT2D eigenvalue weighted by atomic mass is 9.86. The van der Waals surface area contributed by atoms with Crippen molar-refractivity contribution in [3.63, 3.8) is 0 Å². The largest absolute Gasteiger partial charge is 0.495 e. The Hall–Kier alpha value is -4.15. The van der Waals surface area contributed by atoms with Crippen molar-refractivity contribution in [3.8, 4) is 5.75 Å². The number of rotatable bonds is 17. The van der Waals surface area contributed by atoms with Gasteiger partial charge >= 0.3 is 11.9 Å². The molecular formula is C37H50ClN3O7. The lowest BCUT2D eigenvalue weighted by Gasteiger charge is -2.31. The highest BCUT2D eigenvalue weighted by atomic mass is 35.5. The van der Waals surface area contributed by atoms with Crippen LogP contribution in [0.15, 0.2) is 66.8 Å². The molecule has 0 heterocycles. The third-order valence-corrected chi connectivity index (χ3v) is 7.90. The molecular weight excluding hydrogens is 634 g/mol. The van der Waals surface area contributed by atoms with E-state index < -0.39 is 47.4 Å². The molecule has 0 bridgehead atoms. The van der Waals surface area contributed by atoms with Gasteiger partial charge in [0.25, 0.3) is 0 Å². The molecule has 2 aromatic rings. The highest BCUT2D eigenvalue weighted by molar-refractivity contribution is 6.32. The minimum Gasteiger partial charge on any atom is -0.495 e. The summed E-state index contributed by atoms with van der Waals surface area (Å²) in [5.74, 6) is -2.40. The Morgan fingerprint density at radius 1 is 1.04 bits per heavy atom. The average Bonchev–Trinajstić information content (AvgIpc) is 3.01. The predicted octanol–water partition coefficient (Wildman–Crippen LogP) is 5.57. The highest BCUT2D eigenvalue weighted by Gasteiger charge is 2.36. The van der Waals surface area contributed by atoms with Gasteiger partial charge in [-0.1, -0.05) is 93.9 Å². The van der Waals surface area contributed by atoms with E-state index in [0.717, 1.165) is 17.2 Å². The summed E-state index contributed by atoms with van der Waals surface area (Å²) < 4.78 is 11.1. The summed E-state index contributed by atoms with van der Waals surface area (Å²) in [7, 11) is 1.51. The van der Waals surface area contributed by atoms with Crippen molar-refractivity contribution in [2.75, 3.05) is 13.7 Å². The number of carboxylic acids is 1. The summed E-state index contributed by atoms with van der Waals surface area (Å²) in [6, 6.07) is 12.9. The van der Waals surface area contributed by atoms with Crippen LogP contribution in [0.25, 0.3) is 6.08 Å². The molecule has 0 spiro atoms. The lowest BCUT2D eigenvalue weighted by Crippen LogP contribution is -2.53. The number of hydrogen-bond donors (Lipinski definition) is 4. The van der Waals surface area contributed by atoms with Gasteiger partial charge in [0.15, 0.2) is 0 Å². The van der Waals surface area contributed by atoms with Crippen LogP contribution in [-0.2, 0) is 30.3 Å². The van der Waals surface area contributed by atoms with Crippen molar-refractivity contribution in [1.82, 2.24) is 10.6 Å². The van der Waals surface area contributed by atoms with E-state index in [1.807, 2.05) is 70.2 Å². The Morgan fingerprint density at radius 2 is 1.71 bits per heavy atom. The van der Waals surface area contributed by atoms with Crippen LogP contribution in [0.4, 0.5) is 0 Å². The summed E-state index contributed by atoms with van der Waals surface area (Å²) in [4.78, 5) is 51.2. The van der Waals surface area contributed by atoms with Crippen LogP contribution in [-0.4, -0.2) is 60.7 Å². The van der Waals surface area contributed by atoms with Crippen molar-refractivity contribution < 1.29 is 33.8 Å². The number of methoxy groups -OCH3 is 1. The van der Waals surface area contributed by atoms with Gasteiger partial charge in [-0.25, -0.2) is 9.59 Å². The molecule has 0 radical (unpaired) electrons. The number of aliphatic carboxylic acids is 1. The van der Waals surface area contributed by atoms with Crippen LogP contribution in [0, 0.1) is 16.7 Å². The topological polar surface area (TPSA) is 157 Å². The first-order chi connectivity index (χ1) is 22.4. The number of esters is 1. The van der Waals surface area contributed by atoms with Gasteiger partial charge in [0.2, 0.25) is 11.8 Å². The van der Waals surface area contributed by atoms with Crippen molar-refractivity contribution >= 4 is 41.4 Å². The number of amides is 2. The number of carbonyl (C=O) groups excluding carboxylic acids is 3. The summed E-state index contributed by atoms with van der Waals surface area (Å²) in [6.45, 7) is 11.0. The van der Waals surface area contributed by atoms with Crippen molar-refractivity contribution in [3.05, 3.63) is 82.9 Å². The molecule has 262 valence electrons. The van der Waals surface area contributed by atoms with Crippen molar-refractivity contribution in [2.24, 2.45) is 22.5 Å². The molecule has 10 nitrogen and oxygen atoms in total. The Bertz CT molecular complexity index is 1450. The molecule has 2 amide bonds. The summed E-state index contributed by atoms with van der Waals surface area (Å²) >= 11 is 6.20. The van der Waals surface area contributed by atoms with E-state index >= 15 is 0 Å². The van der Waals surface area contributed by atoms with Gasteiger partial charge in [0.1, 0.15) is 17.9 Å². The van der Waals surface area contributed by atoms with Crippen LogP contribution in [0.5, 0.6) is 5.75 Å². The van der Waals surface area contributed by atoms with Crippen molar-refractivity contribution in [1.29, 1.82) is 0 Å². The van der Waals surface area contributed by atoms with E-state index in [4.69, 9.17) is 31.9 Å². The average molecular weight is 684 g/mol. The smallest absolute Gasteiger partial charge is 0.328 e. The van der Waals surface area contributed by atoms with Crippen molar-refractivity contribution in [2.45, 2.75) is 79.0 Å². The standard InChI is InChI=1S/C37H50ClN3O7/c1-24(16-17-25-12-9-8-10-13-25)30(14-11-15-32(42)43)48-34(45)29(22-36(2,3)4)41-35(46)37(5,6)23-40-33(44)28(39)21-26-18-19-31(47-7)27(38)20-26/h8-13,15-20,24,28-30H,14,21-23,39H2,1-7H3,(H,40,44)(H,41,46)(H,42,43)/t24-,28?,29?,30+/m1/s1. The molecule has 0 aliphatic carbocycles. The second kappa shape index (κ2) is 18.4. The molecule has 0 saturated heterocycles. The van der Waals surface area contributed by atoms with E-state index in [2.05, 4.69) is 10.6 Å². The second-order valence-electron chi connectivity index (χ2n) is 13.8. The molecule has 2 unspecified atom stereocenters. The molecule has 0 aliphatic rings. The first-order valence-corrected chi connectivity index (χ1v) is 16.3. The summed E-state index contributed by atoms with van der Waals surface area (Å²) in [5.41, 5.74) is 6.41. The molecule has 0 fully saturated rings. The first-order valence-electron chi connectivity index (χ1n) is 15.9. The molecule has 0 aromatic heterocycles. The maximum absolute atomic E-state index is 13.7. The fourth-order valence-electron chi connectivity index (χ4n) is 4.72. The highest BCUT2D eigenvalue weighted by Crippen LogP contribution is 2.26. The van der Waals surface area contributed by atoms with E-state index in [1.165, 1.54) is 13.2 Å². The third-order valence-electron chi connectivity index (χ3n) is 7.61. The van der Waals surface area contributed by atoms with E-state index in [0.29, 0.717) is 10.8 Å². The van der Waals surface area contributed by atoms with Gasteiger partial charge in [-0.2, -0.15) is 0 Å². The van der Waals surface area contributed by atoms with Crippen LogP contribution < -0.4 is 21.1 Å². The molecule has 2 aromatic carbocycles. The molecule has 5 N–H and O–H groups in total. The number of carboxylic acid groups (broad SMARTS) is 1. The molecule has 0 saturated carbocycles.